The maximum Gasteiger partial charge on any atom is 0.404 e. The number of rotatable bonds is 6. The molecule has 1 aromatic carbocycles. The topological polar surface area (TPSA) is 78.4 Å². The van der Waals surface area contributed by atoms with Crippen LogP contribution in [0.2, 0.25) is 0 Å². The molecule has 28 heavy (non-hydrogen) atoms. The summed E-state index contributed by atoms with van der Waals surface area (Å²) < 4.78 is 27.6. The Labute approximate surface area is 174 Å². The van der Waals surface area contributed by atoms with Gasteiger partial charge in [-0.3, -0.25) is 4.79 Å². The summed E-state index contributed by atoms with van der Waals surface area (Å²) in [5.41, 5.74) is -0.108. The van der Waals surface area contributed by atoms with Crippen LogP contribution in [0.15, 0.2) is 34.1 Å². The molecule has 0 radical (unpaired) electrons. The highest BCUT2D eigenvalue weighted by Crippen LogP contribution is 2.26. The number of carboxylic acid groups (broad SMARTS) is 1. The van der Waals surface area contributed by atoms with E-state index in [0.717, 1.165) is 16.6 Å². The first kappa shape index (κ1) is 22.3. The van der Waals surface area contributed by atoms with Crippen LogP contribution in [-0.2, 0) is 6.42 Å². The zero-order valence-electron chi connectivity index (χ0n) is 15.6. The van der Waals surface area contributed by atoms with Crippen molar-refractivity contribution in [1.82, 2.24) is 10.6 Å². The molecule has 1 unspecified atom stereocenters. The van der Waals surface area contributed by atoms with Gasteiger partial charge in [0.1, 0.15) is 0 Å². The Balaban J connectivity index is 2.35. The number of halogens is 3. The standard InChI is InChI=1S/C19H21BrF2N2O3S/c1-19(2,3)16(24-18(26)27)14(7-10-4-5-12(21)13(22)6-10)23-17(25)15-8-11(20)9-28-15/h4-6,8-9,14,16,24H,7H2,1-3H3,(H,23,25)(H,26,27)/t14-,16?/m0/s1. The normalized spacial score (nSPS) is 13.6. The van der Waals surface area contributed by atoms with Crippen molar-refractivity contribution in [2.45, 2.75) is 39.3 Å². The summed E-state index contributed by atoms with van der Waals surface area (Å²) in [7, 11) is 0. The Morgan fingerprint density at radius 1 is 1.18 bits per heavy atom. The minimum absolute atomic E-state index is 0.123. The molecule has 2 aromatic rings. The van der Waals surface area contributed by atoms with Crippen molar-refractivity contribution in [3.63, 3.8) is 0 Å². The Kier molecular flexibility index (Phi) is 7.16. The molecular weight excluding hydrogens is 454 g/mol. The van der Waals surface area contributed by atoms with Crippen molar-refractivity contribution in [1.29, 1.82) is 0 Å². The highest BCUT2D eigenvalue weighted by atomic mass is 79.9. The SMILES string of the molecule is CC(C)(C)C(NC(=O)O)[C@H](Cc1ccc(F)c(F)c1)NC(=O)c1cc(Br)cs1. The maximum atomic E-state index is 13.6. The summed E-state index contributed by atoms with van der Waals surface area (Å²) in [6.07, 6.45) is -1.11. The number of hydrogen-bond acceptors (Lipinski definition) is 3. The zero-order chi connectivity index (χ0) is 21.1. The van der Waals surface area contributed by atoms with E-state index < -0.39 is 35.2 Å². The van der Waals surface area contributed by atoms with E-state index >= 15 is 0 Å². The Hall–Kier alpha value is -2.00. The summed E-state index contributed by atoms with van der Waals surface area (Å²) in [4.78, 5) is 24.4. The van der Waals surface area contributed by atoms with Gasteiger partial charge in [0.2, 0.25) is 0 Å². The molecule has 0 aliphatic rings. The van der Waals surface area contributed by atoms with Crippen LogP contribution in [0, 0.1) is 17.0 Å². The van der Waals surface area contributed by atoms with Gasteiger partial charge in [0.25, 0.3) is 5.91 Å². The molecule has 0 spiro atoms. The molecule has 2 rings (SSSR count). The van der Waals surface area contributed by atoms with Crippen LogP contribution < -0.4 is 10.6 Å². The molecule has 0 saturated carbocycles. The second-order valence-corrected chi connectivity index (χ2v) is 9.28. The number of thiophene rings is 1. The van der Waals surface area contributed by atoms with Crippen molar-refractivity contribution in [2.75, 3.05) is 0 Å². The molecule has 3 N–H and O–H groups in total. The van der Waals surface area contributed by atoms with E-state index in [2.05, 4.69) is 26.6 Å². The highest BCUT2D eigenvalue weighted by Gasteiger charge is 2.35. The zero-order valence-corrected chi connectivity index (χ0v) is 18.0. The Morgan fingerprint density at radius 2 is 1.86 bits per heavy atom. The molecule has 0 aliphatic carbocycles. The van der Waals surface area contributed by atoms with E-state index in [4.69, 9.17) is 0 Å². The predicted molar refractivity (Wildman–Crippen MR) is 108 cm³/mol. The fourth-order valence-electron chi connectivity index (χ4n) is 2.90. The van der Waals surface area contributed by atoms with Crippen LogP contribution in [-0.4, -0.2) is 29.2 Å². The average molecular weight is 475 g/mol. The number of hydrogen-bond donors (Lipinski definition) is 3. The molecule has 1 heterocycles. The fraction of sp³-hybridized carbons (Fsp3) is 0.368. The van der Waals surface area contributed by atoms with Gasteiger partial charge >= 0.3 is 6.09 Å². The van der Waals surface area contributed by atoms with E-state index in [-0.39, 0.29) is 12.3 Å². The number of benzene rings is 1. The van der Waals surface area contributed by atoms with Crippen LogP contribution in [0.4, 0.5) is 13.6 Å². The number of amides is 2. The van der Waals surface area contributed by atoms with Crippen LogP contribution in [0.5, 0.6) is 0 Å². The minimum Gasteiger partial charge on any atom is -0.465 e. The first-order valence-electron chi connectivity index (χ1n) is 8.45. The quantitative estimate of drug-likeness (QED) is 0.561. The average Bonchev–Trinajstić information content (AvgIpc) is 3.01. The van der Waals surface area contributed by atoms with Gasteiger partial charge in [-0.1, -0.05) is 26.8 Å². The lowest BCUT2D eigenvalue weighted by Gasteiger charge is -2.37. The number of nitrogens with one attached hydrogen (secondary N) is 2. The van der Waals surface area contributed by atoms with Gasteiger partial charge in [0.15, 0.2) is 11.6 Å². The molecule has 2 amide bonds. The van der Waals surface area contributed by atoms with Crippen LogP contribution in [0.3, 0.4) is 0 Å². The smallest absolute Gasteiger partial charge is 0.404 e. The molecular formula is C19H21BrF2N2O3S. The molecule has 0 aliphatic heterocycles. The third-order valence-electron chi connectivity index (χ3n) is 4.16. The van der Waals surface area contributed by atoms with Gasteiger partial charge in [0.05, 0.1) is 17.0 Å². The lowest BCUT2D eigenvalue weighted by molar-refractivity contribution is 0.0904. The highest BCUT2D eigenvalue weighted by molar-refractivity contribution is 9.10. The summed E-state index contributed by atoms with van der Waals surface area (Å²) in [5.74, 6) is -2.34. The van der Waals surface area contributed by atoms with Crippen LogP contribution in [0.25, 0.3) is 0 Å². The van der Waals surface area contributed by atoms with E-state index in [1.807, 2.05) is 20.8 Å². The van der Waals surface area contributed by atoms with Crippen molar-refractivity contribution in [2.24, 2.45) is 5.41 Å². The first-order chi connectivity index (χ1) is 13.0. The molecule has 5 nitrogen and oxygen atoms in total. The summed E-state index contributed by atoms with van der Waals surface area (Å²) in [6, 6.07) is 3.78. The number of carbonyl (C=O) groups excluding carboxylic acids is 1. The molecule has 0 bridgehead atoms. The van der Waals surface area contributed by atoms with Crippen molar-refractivity contribution >= 4 is 39.3 Å². The van der Waals surface area contributed by atoms with Gasteiger partial charge in [-0.2, -0.15) is 0 Å². The second-order valence-electron chi connectivity index (χ2n) is 7.45. The predicted octanol–water partition coefficient (Wildman–Crippen LogP) is 4.81. The Morgan fingerprint density at radius 3 is 2.36 bits per heavy atom. The van der Waals surface area contributed by atoms with E-state index in [1.165, 1.54) is 17.4 Å². The third-order valence-corrected chi connectivity index (χ3v) is 5.85. The minimum atomic E-state index is -1.23. The molecule has 9 heteroatoms. The van der Waals surface area contributed by atoms with Crippen molar-refractivity contribution in [3.05, 3.63) is 56.2 Å². The van der Waals surface area contributed by atoms with Gasteiger partial charge < -0.3 is 15.7 Å². The second kappa shape index (κ2) is 9.00. The third kappa shape index (κ3) is 6.00. The molecule has 0 saturated heterocycles. The lowest BCUT2D eigenvalue weighted by Crippen LogP contribution is -2.58. The van der Waals surface area contributed by atoms with Crippen LogP contribution in [0.1, 0.15) is 36.0 Å². The molecule has 0 fully saturated rings. The van der Waals surface area contributed by atoms with Gasteiger partial charge in [0, 0.05) is 9.85 Å². The molecule has 152 valence electrons. The number of carbonyl (C=O) groups is 2. The summed E-state index contributed by atoms with van der Waals surface area (Å²) in [6.45, 7) is 5.50. The van der Waals surface area contributed by atoms with Gasteiger partial charge in [-0.15, -0.1) is 11.3 Å². The van der Waals surface area contributed by atoms with E-state index in [1.54, 1.807) is 11.4 Å². The van der Waals surface area contributed by atoms with Gasteiger partial charge in [-0.05, 0) is 51.5 Å². The van der Waals surface area contributed by atoms with Crippen LogP contribution >= 0.6 is 27.3 Å². The van der Waals surface area contributed by atoms with Crippen molar-refractivity contribution in [3.8, 4) is 0 Å². The fourth-order valence-corrected chi connectivity index (χ4v) is 4.23. The summed E-state index contributed by atoms with van der Waals surface area (Å²) >= 11 is 4.53. The first-order valence-corrected chi connectivity index (χ1v) is 10.1. The largest absolute Gasteiger partial charge is 0.465 e. The lowest BCUT2D eigenvalue weighted by atomic mass is 9.80. The monoisotopic (exact) mass is 474 g/mol. The molecule has 1 aromatic heterocycles. The van der Waals surface area contributed by atoms with Crippen molar-refractivity contribution < 1.29 is 23.5 Å². The van der Waals surface area contributed by atoms with E-state index in [9.17, 15) is 23.5 Å². The summed E-state index contributed by atoms with van der Waals surface area (Å²) in [5, 5.41) is 16.3. The Bertz CT molecular complexity index is 867. The molecule has 2 atom stereocenters. The maximum absolute atomic E-state index is 13.6. The van der Waals surface area contributed by atoms with E-state index in [0.29, 0.717) is 10.4 Å². The van der Waals surface area contributed by atoms with Gasteiger partial charge in [-0.25, -0.2) is 13.6 Å².